The van der Waals surface area contributed by atoms with Crippen LogP contribution >= 0.6 is 0 Å². The molecule has 0 spiro atoms. The summed E-state index contributed by atoms with van der Waals surface area (Å²) in [7, 11) is 0. The van der Waals surface area contributed by atoms with Crippen molar-refractivity contribution in [3.63, 3.8) is 0 Å². The molecule has 0 bridgehead atoms. The van der Waals surface area contributed by atoms with Gasteiger partial charge in [0.2, 0.25) is 0 Å². The molecule has 0 aliphatic carbocycles. The monoisotopic (exact) mass is 1170 g/mol. The first-order chi connectivity index (χ1) is 30.9. The van der Waals surface area contributed by atoms with Crippen LogP contribution < -0.4 is 9.47 Å². The minimum atomic E-state index is -2.49. The standard InChI is InChI=1S/C50H28N8O2.2Pt/c1-31-30-53-50(55-54-31)58-46-28-34(59-32-16-20-38-36-10-2-4-12-42(36)56(44(38)26-32)48-14-6-8-24-51-48)18-22-40(46)41-23-19-35(29-47(41)58)60-33-17-21-39-37-11-3-5-13-43(37)57(45(39)27-33)49-15-7-9-25-52-49;;/h2-25,30H,1H3;;/q-4;2*+2/i1D3;;. The van der Waals surface area contributed by atoms with Crippen LogP contribution in [0.1, 0.15) is 9.81 Å². The fourth-order valence-corrected chi connectivity index (χ4v) is 8.07. The van der Waals surface area contributed by atoms with Gasteiger partial charge in [0.25, 0.3) is 5.95 Å². The van der Waals surface area contributed by atoms with Crippen LogP contribution in [-0.4, -0.2) is 38.9 Å². The van der Waals surface area contributed by atoms with Gasteiger partial charge in [0.15, 0.2) is 0 Å². The minimum Gasteiger partial charge on any atom is -0.509 e. The number of aryl methyl sites for hydroxylation is 1. The molecule has 300 valence electrons. The van der Waals surface area contributed by atoms with E-state index in [9.17, 15) is 0 Å². The van der Waals surface area contributed by atoms with E-state index in [1.807, 2.05) is 109 Å². The Hall–Kier alpha value is -6.99. The molecule has 0 unspecified atom stereocenters. The SMILES string of the molecule is [2H]C([2H])([2H])c1cnc(-n2c3[c-]c(Oc4[c-]c5c(cc4)c4ccccc4n5-c4ccccn4)ccc3c3ccc(Oc4[c-]c5c(cc4)c4ccccc4n5-c4ccccn4)[c-]c32)nn1.[Pt+2].[Pt+2]. The van der Waals surface area contributed by atoms with Crippen LogP contribution in [0.15, 0.2) is 152 Å². The number of benzene rings is 6. The van der Waals surface area contributed by atoms with E-state index in [1.54, 1.807) is 17.0 Å². The van der Waals surface area contributed by atoms with E-state index < -0.39 is 6.85 Å². The Morgan fingerprint density at radius 1 is 0.435 bits per heavy atom. The van der Waals surface area contributed by atoms with E-state index >= 15 is 0 Å². The van der Waals surface area contributed by atoms with Crippen LogP contribution in [0.5, 0.6) is 23.0 Å². The molecular formula is C50H28N8O2Pt2. The van der Waals surface area contributed by atoms with Crippen LogP contribution in [0.4, 0.5) is 0 Å². The molecule has 6 aromatic heterocycles. The summed E-state index contributed by atoms with van der Waals surface area (Å²) in [6, 6.07) is 57.1. The summed E-state index contributed by atoms with van der Waals surface area (Å²) < 4.78 is 42.4. The van der Waals surface area contributed by atoms with Gasteiger partial charge in [0.05, 0.1) is 11.9 Å². The third-order valence-corrected chi connectivity index (χ3v) is 10.6. The van der Waals surface area contributed by atoms with Gasteiger partial charge in [-0.05, 0) is 54.0 Å². The predicted octanol–water partition coefficient (Wildman–Crippen LogP) is 11.0. The summed E-state index contributed by atoms with van der Waals surface area (Å²) in [5, 5.41) is 14.1. The van der Waals surface area contributed by atoms with E-state index in [-0.39, 0.29) is 53.8 Å². The summed E-state index contributed by atoms with van der Waals surface area (Å²) in [6.07, 6.45) is 4.75. The molecule has 0 aliphatic rings. The van der Waals surface area contributed by atoms with Crippen LogP contribution in [0.2, 0.25) is 0 Å². The molecule has 0 saturated heterocycles. The molecule has 0 aliphatic heterocycles. The molecule has 0 fully saturated rings. The molecule has 0 atom stereocenters. The number of pyridine rings is 2. The third-order valence-electron chi connectivity index (χ3n) is 10.6. The first-order valence-corrected chi connectivity index (χ1v) is 19.1. The normalized spacial score (nSPS) is 12.3. The second-order valence-corrected chi connectivity index (χ2v) is 14.1. The van der Waals surface area contributed by atoms with Gasteiger partial charge in [-0.15, -0.1) is 64.4 Å². The average Bonchev–Trinajstić information content (AvgIpc) is 3.94. The molecule has 12 heteroatoms. The number of nitrogens with zero attached hydrogens (tertiary/aromatic N) is 8. The Balaban J connectivity index is 0.00000249. The zero-order valence-electron chi connectivity index (χ0n) is 35.0. The zero-order chi connectivity index (χ0) is 42.2. The van der Waals surface area contributed by atoms with E-state index in [1.165, 1.54) is 6.20 Å². The maximum absolute atomic E-state index is 7.86. The largest absolute Gasteiger partial charge is 2.00 e. The van der Waals surface area contributed by atoms with Gasteiger partial charge >= 0.3 is 42.1 Å². The van der Waals surface area contributed by atoms with Gasteiger partial charge in [-0.25, -0.2) is 15.0 Å². The second-order valence-electron chi connectivity index (χ2n) is 14.1. The van der Waals surface area contributed by atoms with Crippen molar-refractivity contribution >= 4 is 65.4 Å². The molecule has 6 aromatic carbocycles. The van der Waals surface area contributed by atoms with E-state index in [0.717, 1.165) is 66.0 Å². The molecular weight excluding hydrogens is 1130 g/mol. The summed E-state index contributed by atoms with van der Waals surface area (Å²) >= 11 is 0. The molecule has 10 nitrogen and oxygen atoms in total. The smallest absolute Gasteiger partial charge is 0.509 e. The van der Waals surface area contributed by atoms with Crippen molar-refractivity contribution in [1.29, 1.82) is 0 Å². The molecule has 6 heterocycles. The Kier molecular flexibility index (Phi) is 9.10. The van der Waals surface area contributed by atoms with Crippen LogP contribution in [0.3, 0.4) is 0 Å². The first-order valence-electron chi connectivity index (χ1n) is 20.6. The number of fused-ring (bicyclic) bond motifs is 9. The Morgan fingerprint density at radius 2 is 0.855 bits per heavy atom. The Bertz CT molecular complexity index is 3530. The first kappa shape index (κ1) is 35.7. The molecule has 0 amide bonds. The van der Waals surface area contributed by atoms with Gasteiger partial charge in [0.1, 0.15) is 11.6 Å². The van der Waals surface area contributed by atoms with Crippen LogP contribution in [0, 0.1) is 31.1 Å². The quantitative estimate of drug-likeness (QED) is 0.147. The second kappa shape index (κ2) is 15.8. The summed E-state index contributed by atoms with van der Waals surface area (Å²) in [5.41, 5.74) is 4.51. The molecule has 0 N–H and O–H groups in total. The van der Waals surface area contributed by atoms with Gasteiger partial charge < -0.3 is 23.2 Å². The van der Waals surface area contributed by atoms with E-state index in [0.29, 0.717) is 34.0 Å². The molecule has 12 rings (SSSR count). The van der Waals surface area contributed by atoms with Crippen molar-refractivity contribution in [1.82, 2.24) is 38.9 Å². The van der Waals surface area contributed by atoms with Gasteiger partial charge in [-0.2, -0.15) is 40.1 Å². The summed E-state index contributed by atoms with van der Waals surface area (Å²) in [6.45, 7) is -2.49. The fourth-order valence-electron chi connectivity index (χ4n) is 8.07. The number of rotatable bonds is 7. The number of aromatic nitrogens is 8. The van der Waals surface area contributed by atoms with Crippen LogP contribution in [0.25, 0.3) is 83.0 Å². The summed E-state index contributed by atoms with van der Waals surface area (Å²) in [4.78, 5) is 13.8. The maximum atomic E-state index is 7.86. The van der Waals surface area contributed by atoms with Crippen molar-refractivity contribution in [3.05, 3.63) is 182 Å². The van der Waals surface area contributed by atoms with Gasteiger partial charge in [0, 0.05) is 50.5 Å². The fraction of sp³-hybridized carbons (Fsp3) is 0.0200. The number of hydrogen-bond donors (Lipinski definition) is 0. The number of para-hydroxylation sites is 2. The number of ether oxygens (including phenoxy) is 2. The van der Waals surface area contributed by atoms with Gasteiger partial charge in [-0.1, -0.05) is 70.6 Å². The maximum Gasteiger partial charge on any atom is 2.00 e. The van der Waals surface area contributed by atoms with Crippen LogP contribution in [-0.2, 0) is 42.1 Å². The predicted molar refractivity (Wildman–Crippen MR) is 232 cm³/mol. The Morgan fingerprint density at radius 3 is 1.26 bits per heavy atom. The molecule has 0 radical (unpaired) electrons. The zero-order valence-corrected chi connectivity index (χ0v) is 36.5. The molecule has 62 heavy (non-hydrogen) atoms. The van der Waals surface area contributed by atoms with Crippen molar-refractivity contribution < 1.29 is 55.7 Å². The average molecular weight is 1170 g/mol. The van der Waals surface area contributed by atoms with Gasteiger partial charge in [-0.3, -0.25) is 0 Å². The topological polar surface area (TPSA) is 97.7 Å². The van der Waals surface area contributed by atoms with E-state index in [4.69, 9.17) is 13.6 Å². The number of hydrogen-bond acceptors (Lipinski definition) is 7. The third kappa shape index (κ3) is 6.46. The molecule has 12 aromatic rings. The summed E-state index contributed by atoms with van der Waals surface area (Å²) in [5.74, 6) is 3.38. The van der Waals surface area contributed by atoms with Crippen molar-refractivity contribution in [2.24, 2.45) is 0 Å². The van der Waals surface area contributed by atoms with Crippen molar-refractivity contribution in [2.75, 3.05) is 0 Å². The van der Waals surface area contributed by atoms with Crippen molar-refractivity contribution in [3.8, 4) is 40.6 Å². The molecule has 0 saturated carbocycles. The van der Waals surface area contributed by atoms with E-state index in [2.05, 4.69) is 82.8 Å². The van der Waals surface area contributed by atoms with Crippen molar-refractivity contribution in [2.45, 2.75) is 6.85 Å². The Labute approximate surface area is 387 Å². The minimum absolute atomic E-state index is 0.